The molecule has 29 heavy (non-hydrogen) atoms. The second-order valence-electron chi connectivity index (χ2n) is 6.81. The Bertz CT molecular complexity index is 867. The zero-order valence-corrected chi connectivity index (χ0v) is 17.6. The van der Waals surface area contributed by atoms with Crippen molar-refractivity contribution < 1.29 is 14.3 Å². The monoisotopic (exact) mass is 420 g/mol. The summed E-state index contributed by atoms with van der Waals surface area (Å²) in [6, 6.07) is 7.34. The molecule has 2 heterocycles. The van der Waals surface area contributed by atoms with Crippen LogP contribution in [0.15, 0.2) is 34.2 Å². The summed E-state index contributed by atoms with van der Waals surface area (Å²) in [5.74, 6) is 0.104. The van der Waals surface area contributed by atoms with E-state index in [2.05, 4.69) is 15.2 Å². The number of carbonyl (C=O) groups excluding carboxylic acids is 1. The molecule has 1 aromatic heterocycles. The van der Waals surface area contributed by atoms with E-state index in [9.17, 15) is 9.59 Å². The topological polar surface area (TPSA) is 85.7 Å². The van der Waals surface area contributed by atoms with Gasteiger partial charge in [-0.15, -0.1) is 0 Å². The van der Waals surface area contributed by atoms with Crippen LogP contribution in [-0.2, 0) is 20.8 Å². The van der Waals surface area contributed by atoms with Crippen molar-refractivity contribution in [3.05, 3.63) is 34.6 Å². The molecule has 0 saturated carbocycles. The molecule has 1 aliphatic rings. The molecule has 0 aliphatic carbocycles. The minimum absolute atomic E-state index is 0.0557. The third-order valence-electron chi connectivity index (χ3n) is 4.75. The maximum absolute atomic E-state index is 13.0. The predicted octanol–water partition coefficient (Wildman–Crippen LogP) is 0.974. The van der Waals surface area contributed by atoms with E-state index in [1.165, 1.54) is 11.8 Å². The molecule has 0 spiro atoms. The Kier molecular flexibility index (Phi) is 8.48. The van der Waals surface area contributed by atoms with E-state index in [1.807, 2.05) is 18.2 Å². The van der Waals surface area contributed by atoms with Gasteiger partial charge in [0.05, 0.1) is 36.5 Å². The minimum Gasteiger partial charge on any atom is -0.383 e. The molecule has 0 bridgehead atoms. The normalized spacial score (nSPS) is 14.9. The second kappa shape index (κ2) is 11.3. The molecule has 1 fully saturated rings. The Morgan fingerprint density at radius 3 is 2.86 bits per heavy atom. The van der Waals surface area contributed by atoms with Gasteiger partial charge in [-0.2, -0.15) is 0 Å². The predicted molar refractivity (Wildman–Crippen MR) is 113 cm³/mol. The Morgan fingerprint density at radius 2 is 2.07 bits per heavy atom. The number of rotatable bonds is 10. The molecule has 0 atom stereocenters. The zero-order valence-electron chi connectivity index (χ0n) is 16.8. The molecule has 1 aliphatic heterocycles. The van der Waals surface area contributed by atoms with Crippen LogP contribution in [0.25, 0.3) is 10.9 Å². The molecule has 3 rings (SSSR count). The van der Waals surface area contributed by atoms with E-state index >= 15 is 0 Å². The van der Waals surface area contributed by atoms with Gasteiger partial charge in [0.2, 0.25) is 5.91 Å². The number of thioether (sulfide) groups is 1. The zero-order chi connectivity index (χ0) is 20.5. The highest BCUT2D eigenvalue weighted by atomic mass is 32.2. The van der Waals surface area contributed by atoms with Crippen LogP contribution in [0.5, 0.6) is 0 Å². The number of ether oxygens (including phenoxy) is 2. The van der Waals surface area contributed by atoms with Gasteiger partial charge >= 0.3 is 0 Å². The van der Waals surface area contributed by atoms with Gasteiger partial charge in [-0.1, -0.05) is 23.9 Å². The molecule has 1 aromatic carbocycles. The van der Waals surface area contributed by atoms with Gasteiger partial charge < -0.3 is 14.8 Å². The van der Waals surface area contributed by atoms with E-state index in [0.29, 0.717) is 35.8 Å². The van der Waals surface area contributed by atoms with Gasteiger partial charge in [0.1, 0.15) is 0 Å². The molecule has 158 valence electrons. The average molecular weight is 421 g/mol. The number of para-hydroxylation sites is 1. The summed E-state index contributed by atoms with van der Waals surface area (Å²) < 4.78 is 12.0. The van der Waals surface area contributed by atoms with Crippen molar-refractivity contribution >= 4 is 28.6 Å². The third-order valence-corrected chi connectivity index (χ3v) is 5.72. The highest BCUT2D eigenvalue weighted by Gasteiger charge is 2.14. The fourth-order valence-corrected chi connectivity index (χ4v) is 4.06. The average Bonchev–Trinajstić information content (AvgIpc) is 2.75. The number of morpholine rings is 1. The quantitative estimate of drug-likeness (QED) is 0.348. The van der Waals surface area contributed by atoms with Crippen LogP contribution in [0.1, 0.15) is 6.42 Å². The first-order valence-electron chi connectivity index (χ1n) is 9.87. The largest absolute Gasteiger partial charge is 0.383 e. The standard InChI is InChI=1S/C20H28N4O4S/c1-27-12-7-21-18(25)15-29-20-22-17-6-3-2-5-16(17)19(26)24(20)9-4-8-23-10-13-28-14-11-23/h2-3,5-6H,4,7-15H2,1H3,(H,21,25). The van der Waals surface area contributed by atoms with Crippen molar-refractivity contribution in [3.63, 3.8) is 0 Å². The Hall–Kier alpha value is -1.94. The van der Waals surface area contributed by atoms with Crippen LogP contribution >= 0.6 is 11.8 Å². The van der Waals surface area contributed by atoms with Gasteiger partial charge in [0.15, 0.2) is 5.16 Å². The van der Waals surface area contributed by atoms with Crippen molar-refractivity contribution in [2.45, 2.75) is 18.1 Å². The Morgan fingerprint density at radius 1 is 1.28 bits per heavy atom. The number of hydrogen-bond donors (Lipinski definition) is 1. The molecule has 0 radical (unpaired) electrons. The lowest BCUT2D eigenvalue weighted by molar-refractivity contribution is -0.118. The van der Waals surface area contributed by atoms with Gasteiger partial charge in [0.25, 0.3) is 5.56 Å². The number of carbonyl (C=O) groups is 1. The number of aromatic nitrogens is 2. The fraction of sp³-hybridized carbons (Fsp3) is 0.550. The van der Waals surface area contributed by atoms with Crippen molar-refractivity contribution in [2.75, 3.05) is 58.9 Å². The number of fused-ring (bicyclic) bond motifs is 1. The molecule has 8 nitrogen and oxygen atoms in total. The lowest BCUT2D eigenvalue weighted by Gasteiger charge is -2.26. The summed E-state index contributed by atoms with van der Waals surface area (Å²) in [6.45, 7) is 5.78. The molecule has 1 amide bonds. The third kappa shape index (κ3) is 6.27. The summed E-state index contributed by atoms with van der Waals surface area (Å²) in [4.78, 5) is 32.1. The smallest absolute Gasteiger partial charge is 0.262 e. The molecular formula is C20H28N4O4S. The van der Waals surface area contributed by atoms with E-state index < -0.39 is 0 Å². The number of hydrogen-bond acceptors (Lipinski definition) is 7. The maximum Gasteiger partial charge on any atom is 0.262 e. The molecule has 1 N–H and O–H groups in total. The molecule has 2 aromatic rings. The minimum atomic E-state index is -0.102. The number of nitrogens with zero attached hydrogens (tertiary/aromatic N) is 3. The van der Waals surface area contributed by atoms with Crippen LogP contribution in [0.3, 0.4) is 0 Å². The van der Waals surface area contributed by atoms with E-state index in [1.54, 1.807) is 17.7 Å². The summed E-state index contributed by atoms with van der Waals surface area (Å²) >= 11 is 1.29. The van der Waals surface area contributed by atoms with Crippen LogP contribution in [-0.4, -0.2) is 79.2 Å². The number of nitrogens with one attached hydrogen (secondary N) is 1. The second-order valence-corrected chi connectivity index (χ2v) is 7.75. The Balaban J connectivity index is 1.70. The first-order valence-corrected chi connectivity index (χ1v) is 10.9. The lowest BCUT2D eigenvalue weighted by atomic mass is 10.2. The summed E-state index contributed by atoms with van der Waals surface area (Å²) in [5, 5.41) is 3.98. The van der Waals surface area contributed by atoms with Gasteiger partial charge in [-0.25, -0.2) is 4.98 Å². The summed E-state index contributed by atoms with van der Waals surface area (Å²) in [5.41, 5.74) is 0.601. The first-order chi connectivity index (χ1) is 14.2. The molecule has 9 heteroatoms. The van der Waals surface area contributed by atoms with Crippen molar-refractivity contribution in [3.8, 4) is 0 Å². The highest BCUT2D eigenvalue weighted by molar-refractivity contribution is 7.99. The lowest BCUT2D eigenvalue weighted by Crippen LogP contribution is -2.37. The number of amides is 1. The summed E-state index contributed by atoms with van der Waals surface area (Å²) in [6.07, 6.45) is 0.841. The van der Waals surface area contributed by atoms with Crippen LogP contribution < -0.4 is 10.9 Å². The molecular weight excluding hydrogens is 392 g/mol. The van der Waals surface area contributed by atoms with Crippen molar-refractivity contribution in [1.82, 2.24) is 19.8 Å². The molecule has 0 unspecified atom stereocenters. The van der Waals surface area contributed by atoms with E-state index in [0.717, 1.165) is 39.3 Å². The highest BCUT2D eigenvalue weighted by Crippen LogP contribution is 2.18. The van der Waals surface area contributed by atoms with E-state index in [4.69, 9.17) is 9.47 Å². The van der Waals surface area contributed by atoms with Crippen LogP contribution in [0.4, 0.5) is 0 Å². The number of benzene rings is 1. The van der Waals surface area contributed by atoms with Crippen LogP contribution in [0, 0.1) is 0 Å². The van der Waals surface area contributed by atoms with Crippen LogP contribution in [0.2, 0.25) is 0 Å². The maximum atomic E-state index is 13.0. The number of methoxy groups -OCH3 is 1. The van der Waals surface area contributed by atoms with Gasteiger partial charge in [0, 0.05) is 39.8 Å². The van der Waals surface area contributed by atoms with Crippen molar-refractivity contribution in [2.24, 2.45) is 0 Å². The summed E-state index contributed by atoms with van der Waals surface area (Å²) in [7, 11) is 1.59. The van der Waals surface area contributed by atoms with Gasteiger partial charge in [-0.05, 0) is 18.6 Å². The van der Waals surface area contributed by atoms with Crippen molar-refractivity contribution in [1.29, 1.82) is 0 Å². The Labute approximate surface area is 174 Å². The SMILES string of the molecule is COCCNC(=O)CSc1nc2ccccc2c(=O)n1CCCN1CCOCC1. The van der Waals surface area contributed by atoms with Gasteiger partial charge in [-0.3, -0.25) is 19.1 Å². The first kappa shape index (κ1) is 21.8. The molecule has 1 saturated heterocycles. The fourth-order valence-electron chi connectivity index (χ4n) is 3.21. The van der Waals surface area contributed by atoms with E-state index in [-0.39, 0.29) is 17.2 Å².